The van der Waals surface area contributed by atoms with Gasteiger partial charge >= 0.3 is 0 Å². The number of benzene rings is 2. The molecule has 0 aromatic heterocycles. The van der Waals surface area contributed by atoms with Gasteiger partial charge in [0.1, 0.15) is 0 Å². The van der Waals surface area contributed by atoms with Crippen LogP contribution in [0.15, 0.2) is 60.7 Å². The van der Waals surface area contributed by atoms with Crippen LogP contribution in [0.4, 0.5) is 0 Å². The standard InChI is InChI=1S/C17H18/c1-3-17(16-12-8-5-9-13-16)14(2)15-10-6-4-7-11-15/h4-13H,3H2,1-2H3/b17-14+. The molecule has 2 aromatic carbocycles. The molecule has 2 rings (SSSR count). The molecule has 2 aromatic rings. The third-order valence-electron chi connectivity index (χ3n) is 3.14. The zero-order valence-electron chi connectivity index (χ0n) is 10.5. The van der Waals surface area contributed by atoms with Crippen molar-refractivity contribution in [2.45, 2.75) is 20.3 Å². The van der Waals surface area contributed by atoms with Crippen LogP contribution >= 0.6 is 0 Å². The van der Waals surface area contributed by atoms with Gasteiger partial charge in [-0.3, -0.25) is 0 Å². The Labute approximate surface area is 104 Å². The highest BCUT2D eigenvalue weighted by atomic mass is 14.1. The van der Waals surface area contributed by atoms with Gasteiger partial charge in [-0.1, -0.05) is 67.6 Å². The molecule has 0 atom stereocenters. The minimum atomic E-state index is 1.06. The predicted octanol–water partition coefficient (Wildman–Crippen LogP) is 5.03. The highest BCUT2D eigenvalue weighted by Crippen LogP contribution is 2.28. The van der Waals surface area contributed by atoms with Crippen molar-refractivity contribution in [3.63, 3.8) is 0 Å². The summed E-state index contributed by atoms with van der Waals surface area (Å²) >= 11 is 0. The van der Waals surface area contributed by atoms with E-state index in [0.29, 0.717) is 0 Å². The van der Waals surface area contributed by atoms with Crippen LogP contribution in [0, 0.1) is 0 Å². The first-order chi connectivity index (χ1) is 8.33. The summed E-state index contributed by atoms with van der Waals surface area (Å²) in [4.78, 5) is 0. The Bertz CT molecular complexity index is 492. The minimum absolute atomic E-state index is 1.06. The molecule has 0 heterocycles. The van der Waals surface area contributed by atoms with Crippen LogP contribution in [0.1, 0.15) is 31.4 Å². The molecule has 0 radical (unpaired) electrons. The van der Waals surface area contributed by atoms with E-state index in [1.165, 1.54) is 22.3 Å². The summed E-state index contributed by atoms with van der Waals surface area (Å²) in [7, 11) is 0. The summed E-state index contributed by atoms with van der Waals surface area (Å²) in [5.74, 6) is 0. The summed E-state index contributed by atoms with van der Waals surface area (Å²) in [6.45, 7) is 4.43. The highest BCUT2D eigenvalue weighted by Gasteiger charge is 2.04. The van der Waals surface area contributed by atoms with E-state index in [9.17, 15) is 0 Å². The smallest absolute Gasteiger partial charge is 0.0222 e. The first-order valence-corrected chi connectivity index (χ1v) is 6.13. The zero-order chi connectivity index (χ0) is 12.1. The maximum atomic E-state index is 2.22. The van der Waals surface area contributed by atoms with E-state index in [1.807, 2.05) is 0 Å². The first-order valence-electron chi connectivity index (χ1n) is 6.13. The molecule has 0 bridgehead atoms. The average molecular weight is 222 g/mol. The van der Waals surface area contributed by atoms with Crippen LogP contribution in [0.5, 0.6) is 0 Å². The highest BCUT2D eigenvalue weighted by molar-refractivity contribution is 5.89. The van der Waals surface area contributed by atoms with Gasteiger partial charge in [0.05, 0.1) is 0 Å². The molecule has 0 spiro atoms. The molecule has 0 aliphatic rings. The van der Waals surface area contributed by atoms with Crippen molar-refractivity contribution in [3.8, 4) is 0 Å². The van der Waals surface area contributed by atoms with Crippen molar-refractivity contribution in [2.24, 2.45) is 0 Å². The Balaban J connectivity index is 2.48. The fraction of sp³-hybridized carbons (Fsp3) is 0.176. The zero-order valence-corrected chi connectivity index (χ0v) is 10.5. The average Bonchev–Trinajstić information content (AvgIpc) is 2.42. The van der Waals surface area contributed by atoms with Gasteiger partial charge in [0.2, 0.25) is 0 Å². The molecule has 0 saturated carbocycles. The van der Waals surface area contributed by atoms with Crippen molar-refractivity contribution in [1.29, 1.82) is 0 Å². The third-order valence-corrected chi connectivity index (χ3v) is 3.14. The van der Waals surface area contributed by atoms with Crippen molar-refractivity contribution >= 4 is 11.1 Å². The monoisotopic (exact) mass is 222 g/mol. The maximum Gasteiger partial charge on any atom is -0.0222 e. The van der Waals surface area contributed by atoms with Crippen LogP contribution in [0.2, 0.25) is 0 Å². The van der Waals surface area contributed by atoms with Gasteiger partial charge in [-0.2, -0.15) is 0 Å². The lowest BCUT2D eigenvalue weighted by molar-refractivity contribution is 1.23. The Hall–Kier alpha value is -1.82. The van der Waals surface area contributed by atoms with E-state index >= 15 is 0 Å². The van der Waals surface area contributed by atoms with Crippen LogP contribution in [-0.4, -0.2) is 0 Å². The van der Waals surface area contributed by atoms with E-state index in [1.54, 1.807) is 0 Å². The summed E-state index contributed by atoms with van der Waals surface area (Å²) in [6, 6.07) is 21.2. The topological polar surface area (TPSA) is 0 Å². The van der Waals surface area contributed by atoms with Gasteiger partial charge in [-0.05, 0) is 35.6 Å². The summed E-state index contributed by atoms with van der Waals surface area (Å²) < 4.78 is 0. The Kier molecular flexibility index (Phi) is 3.77. The second kappa shape index (κ2) is 5.49. The third kappa shape index (κ3) is 2.65. The second-order valence-corrected chi connectivity index (χ2v) is 4.19. The molecule has 17 heavy (non-hydrogen) atoms. The molecule has 0 amide bonds. The minimum Gasteiger partial charge on any atom is -0.0622 e. The molecular weight excluding hydrogens is 204 g/mol. The molecular formula is C17H18. The predicted molar refractivity (Wildman–Crippen MR) is 75.7 cm³/mol. The SMILES string of the molecule is CC/C(=C(/C)c1ccccc1)c1ccccc1. The fourth-order valence-electron chi connectivity index (χ4n) is 2.19. The summed E-state index contributed by atoms with van der Waals surface area (Å²) in [5, 5.41) is 0. The number of hydrogen-bond acceptors (Lipinski definition) is 0. The van der Waals surface area contributed by atoms with Gasteiger partial charge in [-0.25, -0.2) is 0 Å². The molecule has 0 N–H and O–H groups in total. The molecule has 0 nitrogen and oxygen atoms in total. The van der Waals surface area contributed by atoms with E-state index < -0.39 is 0 Å². The summed E-state index contributed by atoms with van der Waals surface area (Å²) in [6.07, 6.45) is 1.06. The van der Waals surface area contributed by atoms with Crippen molar-refractivity contribution < 1.29 is 0 Å². The maximum absolute atomic E-state index is 2.22. The van der Waals surface area contributed by atoms with Crippen LogP contribution < -0.4 is 0 Å². The molecule has 0 aliphatic heterocycles. The Morgan fingerprint density at radius 3 is 1.71 bits per heavy atom. The lowest BCUT2D eigenvalue weighted by Gasteiger charge is -2.11. The van der Waals surface area contributed by atoms with E-state index in [4.69, 9.17) is 0 Å². The van der Waals surface area contributed by atoms with E-state index in [-0.39, 0.29) is 0 Å². The van der Waals surface area contributed by atoms with Crippen LogP contribution in [0.3, 0.4) is 0 Å². The molecule has 0 aliphatic carbocycles. The number of allylic oxidation sites excluding steroid dienone is 2. The summed E-state index contributed by atoms with van der Waals surface area (Å²) in [5.41, 5.74) is 5.45. The van der Waals surface area contributed by atoms with E-state index in [0.717, 1.165) is 6.42 Å². The molecule has 0 heteroatoms. The van der Waals surface area contributed by atoms with Gasteiger partial charge < -0.3 is 0 Å². The van der Waals surface area contributed by atoms with Gasteiger partial charge in [-0.15, -0.1) is 0 Å². The van der Waals surface area contributed by atoms with E-state index in [2.05, 4.69) is 74.5 Å². The molecule has 86 valence electrons. The number of rotatable bonds is 3. The molecule has 0 fully saturated rings. The first kappa shape index (κ1) is 11.7. The largest absolute Gasteiger partial charge is 0.0622 e. The van der Waals surface area contributed by atoms with Crippen molar-refractivity contribution in [3.05, 3.63) is 71.8 Å². The molecule has 0 saturated heterocycles. The van der Waals surface area contributed by atoms with Gasteiger partial charge in [0.15, 0.2) is 0 Å². The fourth-order valence-corrected chi connectivity index (χ4v) is 2.19. The lowest BCUT2D eigenvalue weighted by atomic mass is 9.94. The molecule has 0 unspecified atom stereocenters. The van der Waals surface area contributed by atoms with Gasteiger partial charge in [0.25, 0.3) is 0 Å². The van der Waals surface area contributed by atoms with Crippen LogP contribution in [0.25, 0.3) is 11.1 Å². The normalized spacial score (nSPS) is 12.1. The Morgan fingerprint density at radius 2 is 1.24 bits per heavy atom. The van der Waals surface area contributed by atoms with Crippen molar-refractivity contribution in [2.75, 3.05) is 0 Å². The number of hydrogen-bond donors (Lipinski definition) is 0. The van der Waals surface area contributed by atoms with Gasteiger partial charge in [0, 0.05) is 0 Å². The Morgan fingerprint density at radius 1 is 0.765 bits per heavy atom. The second-order valence-electron chi connectivity index (χ2n) is 4.19. The van der Waals surface area contributed by atoms with Crippen LogP contribution in [-0.2, 0) is 0 Å². The quantitative estimate of drug-likeness (QED) is 0.639. The lowest BCUT2D eigenvalue weighted by Crippen LogP contribution is -1.88. The van der Waals surface area contributed by atoms with Crippen molar-refractivity contribution in [1.82, 2.24) is 0 Å².